The summed E-state index contributed by atoms with van der Waals surface area (Å²) in [5, 5.41) is 15.0. The molecule has 2 heteroatoms. The van der Waals surface area contributed by atoms with E-state index < -0.39 is 0 Å². The zero-order valence-corrected chi connectivity index (χ0v) is 18.0. The molecule has 0 aliphatic heterocycles. The first kappa shape index (κ1) is 17.6. The second-order valence-electron chi connectivity index (χ2n) is 9.71. The van der Waals surface area contributed by atoms with Gasteiger partial charge in [0.2, 0.25) is 0 Å². The molecule has 2 nitrogen and oxygen atoms in total. The minimum atomic E-state index is -0.314. The zero-order chi connectivity index (χ0) is 21.9. The van der Waals surface area contributed by atoms with Crippen LogP contribution in [0.5, 0.6) is 5.75 Å². The molecule has 0 radical (unpaired) electrons. The zero-order valence-electron chi connectivity index (χ0n) is 18.0. The van der Waals surface area contributed by atoms with Gasteiger partial charge in [-0.15, -0.1) is 0 Å². The number of benzene rings is 2. The molecule has 0 heterocycles. The summed E-state index contributed by atoms with van der Waals surface area (Å²) < 4.78 is 0. The molecular formula is C31H20O2. The fourth-order valence-corrected chi connectivity index (χ4v) is 6.76. The van der Waals surface area contributed by atoms with E-state index in [0.717, 1.165) is 41.0 Å². The van der Waals surface area contributed by atoms with Gasteiger partial charge >= 0.3 is 0 Å². The summed E-state index contributed by atoms with van der Waals surface area (Å²) in [7, 11) is 0. The predicted octanol–water partition coefficient (Wildman–Crippen LogP) is 6.25. The van der Waals surface area contributed by atoms with Crippen LogP contribution in [0.1, 0.15) is 24.0 Å². The first-order valence-corrected chi connectivity index (χ1v) is 11.6. The minimum absolute atomic E-state index is 0.0173. The van der Waals surface area contributed by atoms with Crippen LogP contribution in [0.15, 0.2) is 117 Å². The van der Waals surface area contributed by atoms with E-state index in [2.05, 4.69) is 48.6 Å². The Balaban J connectivity index is 1.52. The van der Waals surface area contributed by atoms with Crippen molar-refractivity contribution in [3.63, 3.8) is 0 Å². The number of hydrogen-bond acceptors (Lipinski definition) is 2. The summed E-state index contributed by atoms with van der Waals surface area (Å²) in [6.07, 6.45) is 16.5. The van der Waals surface area contributed by atoms with E-state index in [0.29, 0.717) is 11.1 Å². The standard InChI is InChI=1S/C31H20O2/c32-29-7-3-5-20-21-11-13-28-25(30(33)23(21)10-9-22(20)29)16-19-14-18-15-24(18)27-12-8-17-4-1-2-6-26(17)31(19,27)28/h1-3,5-14,33H,4,15-16H2. The fraction of sp³-hybridized carbons (Fsp3) is 0.129. The van der Waals surface area contributed by atoms with Gasteiger partial charge in [-0.25, -0.2) is 0 Å². The molecule has 0 bridgehead atoms. The molecule has 1 spiro atoms. The van der Waals surface area contributed by atoms with Crippen LogP contribution in [0.2, 0.25) is 0 Å². The van der Waals surface area contributed by atoms with E-state index >= 15 is 0 Å². The molecule has 0 saturated heterocycles. The van der Waals surface area contributed by atoms with Crippen LogP contribution in [-0.2, 0) is 11.8 Å². The van der Waals surface area contributed by atoms with Crippen LogP contribution in [-0.4, -0.2) is 5.11 Å². The molecule has 3 aromatic carbocycles. The number of allylic oxidation sites excluding steroid dienone is 12. The molecule has 5 aliphatic rings. The monoisotopic (exact) mass is 424 g/mol. The highest BCUT2D eigenvalue weighted by Gasteiger charge is 2.55. The highest BCUT2D eigenvalue weighted by atomic mass is 16.3. The third kappa shape index (κ3) is 1.99. The Bertz CT molecular complexity index is 1750. The van der Waals surface area contributed by atoms with Crippen molar-refractivity contribution in [1.29, 1.82) is 0 Å². The summed E-state index contributed by atoms with van der Waals surface area (Å²) in [6, 6.07) is 13.5. The largest absolute Gasteiger partial charge is 0.507 e. The molecule has 0 fully saturated rings. The summed E-state index contributed by atoms with van der Waals surface area (Å²) in [5.41, 5.74) is 10.3. The molecule has 0 amide bonds. The van der Waals surface area contributed by atoms with Crippen molar-refractivity contribution < 1.29 is 5.11 Å². The summed E-state index contributed by atoms with van der Waals surface area (Å²) in [5.74, 6) is 0.346. The normalized spacial score (nSPS) is 23.6. The van der Waals surface area contributed by atoms with Gasteiger partial charge in [-0.3, -0.25) is 4.79 Å². The van der Waals surface area contributed by atoms with Gasteiger partial charge in [-0.05, 0) is 87.2 Å². The second kappa shape index (κ2) is 5.71. The van der Waals surface area contributed by atoms with Gasteiger partial charge in [0.25, 0.3) is 0 Å². The molecule has 3 aromatic rings. The van der Waals surface area contributed by atoms with Crippen LogP contribution in [0, 0.1) is 0 Å². The first-order valence-electron chi connectivity index (χ1n) is 11.6. The number of fused-ring (bicyclic) bond motifs is 6. The number of hydrogen-bond donors (Lipinski definition) is 1. The molecule has 5 aliphatic carbocycles. The molecule has 8 rings (SSSR count). The Morgan fingerprint density at radius 2 is 1.67 bits per heavy atom. The van der Waals surface area contributed by atoms with E-state index in [1.165, 1.54) is 39.0 Å². The number of aromatic hydroxyl groups is 1. The molecular weight excluding hydrogens is 404 g/mol. The Hall–Kier alpha value is -3.91. The van der Waals surface area contributed by atoms with Crippen LogP contribution in [0.25, 0.3) is 21.5 Å². The van der Waals surface area contributed by atoms with Crippen LogP contribution >= 0.6 is 0 Å². The van der Waals surface area contributed by atoms with E-state index in [1.807, 2.05) is 24.3 Å². The third-order valence-electron chi connectivity index (χ3n) is 8.24. The highest BCUT2D eigenvalue weighted by Crippen LogP contribution is 2.65. The quantitative estimate of drug-likeness (QED) is 0.463. The van der Waals surface area contributed by atoms with Gasteiger partial charge in [-0.2, -0.15) is 0 Å². The lowest BCUT2D eigenvalue weighted by atomic mass is 9.60. The van der Waals surface area contributed by atoms with E-state index in [9.17, 15) is 9.90 Å². The maximum absolute atomic E-state index is 12.5. The lowest BCUT2D eigenvalue weighted by Gasteiger charge is -2.42. The number of rotatable bonds is 0. The van der Waals surface area contributed by atoms with Crippen molar-refractivity contribution in [2.45, 2.75) is 24.7 Å². The van der Waals surface area contributed by atoms with Crippen molar-refractivity contribution in [3.05, 3.63) is 134 Å². The lowest BCUT2D eigenvalue weighted by Crippen LogP contribution is -2.34. The van der Waals surface area contributed by atoms with Crippen LogP contribution in [0.3, 0.4) is 0 Å². The van der Waals surface area contributed by atoms with Crippen LogP contribution < -0.4 is 5.43 Å². The highest BCUT2D eigenvalue weighted by molar-refractivity contribution is 6.09. The summed E-state index contributed by atoms with van der Waals surface area (Å²) >= 11 is 0. The molecule has 156 valence electrons. The Morgan fingerprint density at radius 1 is 0.818 bits per heavy atom. The Labute approximate surface area is 190 Å². The molecule has 0 aromatic heterocycles. The second-order valence-corrected chi connectivity index (χ2v) is 9.71. The van der Waals surface area contributed by atoms with E-state index in [-0.39, 0.29) is 10.8 Å². The smallest absolute Gasteiger partial charge is 0.186 e. The predicted molar refractivity (Wildman–Crippen MR) is 133 cm³/mol. The average Bonchev–Trinajstić information content (AvgIpc) is 3.57. The van der Waals surface area contributed by atoms with Gasteiger partial charge < -0.3 is 5.11 Å². The van der Waals surface area contributed by atoms with Crippen LogP contribution in [0.4, 0.5) is 0 Å². The topological polar surface area (TPSA) is 37.3 Å². The van der Waals surface area contributed by atoms with Crippen molar-refractivity contribution in [2.75, 3.05) is 0 Å². The van der Waals surface area contributed by atoms with Gasteiger partial charge in [0.15, 0.2) is 5.43 Å². The summed E-state index contributed by atoms with van der Waals surface area (Å²) in [6.45, 7) is 0. The van der Waals surface area contributed by atoms with Gasteiger partial charge in [0.1, 0.15) is 5.75 Å². The maximum Gasteiger partial charge on any atom is 0.186 e. The van der Waals surface area contributed by atoms with E-state index in [1.54, 1.807) is 6.07 Å². The third-order valence-corrected chi connectivity index (χ3v) is 8.24. The van der Waals surface area contributed by atoms with Crippen molar-refractivity contribution >= 4 is 21.5 Å². The molecule has 1 atom stereocenters. The van der Waals surface area contributed by atoms with E-state index in [4.69, 9.17) is 0 Å². The first-order chi connectivity index (χ1) is 16.2. The fourth-order valence-electron chi connectivity index (χ4n) is 6.76. The average molecular weight is 424 g/mol. The minimum Gasteiger partial charge on any atom is -0.507 e. The van der Waals surface area contributed by atoms with Gasteiger partial charge in [-0.1, -0.05) is 60.7 Å². The van der Waals surface area contributed by atoms with Gasteiger partial charge in [0, 0.05) is 16.3 Å². The van der Waals surface area contributed by atoms with Gasteiger partial charge in [0.05, 0.1) is 5.41 Å². The van der Waals surface area contributed by atoms with Crippen molar-refractivity contribution in [3.8, 4) is 5.75 Å². The summed E-state index contributed by atoms with van der Waals surface area (Å²) in [4.78, 5) is 12.5. The SMILES string of the molecule is O=c1cccc2c1ccc1c(O)c3c(ccc12)C12C(=CC4=C(C4)C1=CC=C1CC=CC=C12)C3. The molecule has 0 saturated carbocycles. The molecule has 1 N–H and O–H groups in total. The molecule has 33 heavy (non-hydrogen) atoms. The Morgan fingerprint density at radius 3 is 2.61 bits per heavy atom. The molecule has 1 unspecified atom stereocenters. The van der Waals surface area contributed by atoms with Crippen molar-refractivity contribution in [2.24, 2.45) is 0 Å². The lowest BCUT2D eigenvalue weighted by molar-refractivity contribution is 0.476. The maximum atomic E-state index is 12.5. The van der Waals surface area contributed by atoms with Crippen molar-refractivity contribution in [1.82, 2.24) is 0 Å². The Kier molecular flexibility index (Phi) is 3.05.